The predicted molar refractivity (Wildman–Crippen MR) is 125 cm³/mol. The molecule has 2 heterocycles. The van der Waals surface area contributed by atoms with E-state index in [9.17, 15) is 19.5 Å². The van der Waals surface area contributed by atoms with Crippen LogP contribution in [0.4, 0.5) is 0 Å². The summed E-state index contributed by atoms with van der Waals surface area (Å²) in [5.41, 5.74) is -1.25. The van der Waals surface area contributed by atoms with Gasteiger partial charge in [0.15, 0.2) is 11.2 Å². The van der Waals surface area contributed by atoms with Crippen LogP contribution in [0.25, 0.3) is 11.2 Å². The first-order valence-corrected chi connectivity index (χ1v) is 10.7. The SMILES string of the molecule is Cn1c(=O)[nH]c(=O)c2c1nc(OC(=O)c1ccccc1)n2CC(O)COc1ccc(Cl)cc1Cl. The van der Waals surface area contributed by atoms with Crippen LogP contribution in [-0.4, -0.2) is 42.9 Å². The van der Waals surface area contributed by atoms with Crippen LogP contribution in [0, 0.1) is 0 Å². The van der Waals surface area contributed by atoms with E-state index in [1.807, 2.05) is 0 Å². The molecule has 4 rings (SSSR count). The minimum absolute atomic E-state index is 0.0153. The molecule has 1 unspecified atom stereocenters. The van der Waals surface area contributed by atoms with Crippen LogP contribution >= 0.6 is 23.2 Å². The van der Waals surface area contributed by atoms with Gasteiger partial charge in [-0.25, -0.2) is 9.59 Å². The molecule has 2 N–H and O–H groups in total. The van der Waals surface area contributed by atoms with Crippen molar-refractivity contribution in [3.63, 3.8) is 0 Å². The van der Waals surface area contributed by atoms with E-state index < -0.39 is 23.3 Å². The molecule has 0 radical (unpaired) electrons. The summed E-state index contributed by atoms with van der Waals surface area (Å²) in [5, 5.41) is 11.3. The van der Waals surface area contributed by atoms with Crippen LogP contribution in [0.5, 0.6) is 11.8 Å². The third kappa shape index (κ3) is 4.84. The van der Waals surface area contributed by atoms with Crippen LogP contribution in [0.3, 0.4) is 0 Å². The Bertz CT molecular complexity index is 1480. The lowest BCUT2D eigenvalue weighted by molar-refractivity contribution is 0.0684. The summed E-state index contributed by atoms with van der Waals surface area (Å²) in [6.45, 7) is -0.447. The molecule has 2 aromatic heterocycles. The number of aromatic amines is 1. The fourth-order valence-electron chi connectivity index (χ4n) is 3.22. The van der Waals surface area contributed by atoms with Crippen molar-refractivity contribution in [1.82, 2.24) is 19.1 Å². The molecule has 2 aromatic carbocycles. The molecule has 0 aliphatic carbocycles. The van der Waals surface area contributed by atoms with Gasteiger partial charge in [-0.2, -0.15) is 4.98 Å². The van der Waals surface area contributed by atoms with Crippen LogP contribution in [0.15, 0.2) is 58.1 Å². The number of aromatic nitrogens is 4. The van der Waals surface area contributed by atoms with Gasteiger partial charge >= 0.3 is 17.7 Å². The molecule has 0 saturated carbocycles. The third-order valence-electron chi connectivity index (χ3n) is 4.88. The summed E-state index contributed by atoms with van der Waals surface area (Å²) in [6, 6.07) is 12.5. The fourth-order valence-corrected chi connectivity index (χ4v) is 3.68. The van der Waals surface area contributed by atoms with E-state index >= 15 is 0 Å². The van der Waals surface area contributed by atoms with Gasteiger partial charge in [0.1, 0.15) is 18.5 Å². The summed E-state index contributed by atoms with van der Waals surface area (Å²) >= 11 is 12.0. The largest absolute Gasteiger partial charge is 0.489 e. The Morgan fingerprint density at radius 3 is 2.62 bits per heavy atom. The number of carbonyl (C=O) groups excluding carboxylic acids is 1. The Labute approximate surface area is 201 Å². The summed E-state index contributed by atoms with van der Waals surface area (Å²) in [4.78, 5) is 43.5. The highest BCUT2D eigenvalue weighted by molar-refractivity contribution is 6.35. The number of nitrogens with one attached hydrogen (secondary N) is 1. The number of benzene rings is 2. The molecule has 0 aliphatic rings. The molecule has 1 atom stereocenters. The van der Waals surface area contributed by atoms with Crippen LogP contribution in [0.2, 0.25) is 10.0 Å². The number of carbonyl (C=O) groups is 1. The van der Waals surface area contributed by atoms with Crippen molar-refractivity contribution in [2.75, 3.05) is 6.61 Å². The maximum absolute atomic E-state index is 12.6. The van der Waals surface area contributed by atoms with E-state index in [0.29, 0.717) is 10.8 Å². The normalized spacial score (nSPS) is 12.0. The highest BCUT2D eigenvalue weighted by atomic mass is 35.5. The standard InChI is InChI=1S/C22H18Cl2N4O6/c1-27-18-17(19(30)26-21(27)32)28(22(25-18)34-20(31)12-5-3-2-4-6-12)10-14(29)11-33-16-8-7-13(23)9-15(16)24/h2-9,14,29H,10-11H2,1H3,(H,26,30,32). The van der Waals surface area contributed by atoms with Crippen LogP contribution < -0.4 is 20.7 Å². The molecular weight excluding hydrogens is 487 g/mol. The topological polar surface area (TPSA) is 128 Å². The number of hydrogen-bond donors (Lipinski definition) is 2. The van der Waals surface area contributed by atoms with Gasteiger partial charge in [0.2, 0.25) is 0 Å². The van der Waals surface area contributed by atoms with Crippen molar-refractivity contribution in [3.8, 4) is 11.8 Å². The van der Waals surface area contributed by atoms with Gasteiger partial charge in [0.05, 0.1) is 17.1 Å². The maximum atomic E-state index is 12.6. The van der Waals surface area contributed by atoms with Crippen molar-refractivity contribution in [1.29, 1.82) is 0 Å². The molecule has 10 nitrogen and oxygen atoms in total. The Kier molecular flexibility index (Phi) is 6.73. The molecule has 0 fully saturated rings. The van der Waals surface area contributed by atoms with Gasteiger partial charge in [0, 0.05) is 12.1 Å². The minimum Gasteiger partial charge on any atom is -0.489 e. The molecule has 0 bridgehead atoms. The summed E-state index contributed by atoms with van der Waals surface area (Å²) in [6.07, 6.45) is -1.17. The fraction of sp³-hybridized carbons (Fsp3) is 0.182. The van der Waals surface area contributed by atoms with Gasteiger partial charge in [0.25, 0.3) is 5.56 Å². The number of nitrogens with zero attached hydrogens (tertiary/aromatic N) is 3. The van der Waals surface area contributed by atoms with Gasteiger partial charge in [-0.3, -0.25) is 18.9 Å². The van der Waals surface area contributed by atoms with Gasteiger partial charge in [-0.05, 0) is 30.3 Å². The zero-order valence-corrected chi connectivity index (χ0v) is 19.2. The first-order valence-electron chi connectivity index (χ1n) is 9.97. The van der Waals surface area contributed by atoms with Gasteiger partial charge < -0.3 is 14.6 Å². The summed E-state index contributed by atoms with van der Waals surface area (Å²) in [5.74, 6) is -0.422. The first kappa shape index (κ1) is 23.6. The Morgan fingerprint density at radius 2 is 1.91 bits per heavy atom. The number of rotatable bonds is 7. The second-order valence-corrected chi connectivity index (χ2v) is 8.13. The number of hydrogen-bond acceptors (Lipinski definition) is 7. The lowest BCUT2D eigenvalue weighted by Gasteiger charge is -2.15. The number of esters is 1. The number of halogens is 2. The van der Waals surface area contributed by atoms with Gasteiger partial charge in [-0.1, -0.05) is 41.4 Å². The monoisotopic (exact) mass is 504 g/mol. The lowest BCUT2D eigenvalue weighted by atomic mass is 10.2. The second kappa shape index (κ2) is 9.72. The number of H-pyrrole nitrogens is 1. The predicted octanol–water partition coefficient (Wildman–Crippen LogP) is 2.39. The Morgan fingerprint density at radius 1 is 1.18 bits per heavy atom. The number of aryl methyl sites for hydroxylation is 1. The Balaban J connectivity index is 1.66. The maximum Gasteiger partial charge on any atom is 0.345 e. The van der Waals surface area contributed by atoms with E-state index in [4.69, 9.17) is 32.7 Å². The molecule has 0 amide bonds. The van der Waals surface area contributed by atoms with E-state index in [-0.39, 0.29) is 40.9 Å². The molecule has 4 aromatic rings. The number of aliphatic hydroxyl groups is 1. The van der Waals surface area contributed by atoms with E-state index in [1.165, 1.54) is 17.7 Å². The number of ether oxygens (including phenoxy) is 2. The first-order chi connectivity index (χ1) is 16.2. The van der Waals surface area contributed by atoms with E-state index in [1.54, 1.807) is 42.5 Å². The van der Waals surface area contributed by atoms with E-state index in [0.717, 1.165) is 4.57 Å². The summed E-state index contributed by atoms with van der Waals surface area (Å²) in [7, 11) is 1.41. The molecule has 34 heavy (non-hydrogen) atoms. The zero-order chi connectivity index (χ0) is 24.4. The average Bonchev–Trinajstić information content (AvgIpc) is 3.15. The molecule has 0 spiro atoms. The molecule has 176 valence electrons. The summed E-state index contributed by atoms with van der Waals surface area (Å²) < 4.78 is 13.3. The highest BCUT2D eigenvalue weighted by Gasteiger charge is 2.23. The molecule has 0 aliphatic heterocycles. The van der Waals surface area contributed by atoms with Gasteiger partial charge in [-0.15, -0.1) is 0 Å². The smallest absolute Gasteiger partial charge is 0.345 e. The number of imidazole rings is 1. The van der Waals surface area contributed by atoms with Crippen molar-refractivity contribution in [2.24, 2.45) is 7.05 Å². The van der Waals surface area contributed by atoms with Crippen LogP contribution in [-0.2, 0) is 13.6 Å². The van der Waals surface area contributed by atoms with Crippen molar-refractivity contribution in [2.45, 2.75) is 12.6 Å². The van der Waals surface area contributed by atoms with Crippen molar-refractivity contribution >= 4 is 40.3 Å². The quantitative estimate of drug-likeness (QED) is 0.369. The minimum atomic E-state index is -1.17. The lowest BCUT2D eigenvalue weighted by Crippen LogP contribution is -2.31. The molecule has 12 heteroatoms. The molecular formula is C22H18Cl2N4O6. The van der Waals surface area contributed by atoms with Crippen molar-refractivity contribution in [3.05, 3.63) is 85.0 Å². The number of fused-ring (bicyclic) bond motifs is 1. The molecule has 0 saturated heterocycles. The van der Waals surface area contributed by atoms with E-state index in [2.05, 4.69) is 9.97 Å². The second-order valence-electron chi connectivity index (χ2n) is 7.29. The number of aliphatic hydroxyl groups excluding tert-OH is 1. The average molecular weight is 505 g/mol. The van der Waals surface area contributed by atoms with Crippen molar-refractivity contribution < 1.29 is 19.4 Å². The third-order valence-corrected chi connectivity index (χ3v) is 5.41. The highest BCUT2D eigenvalue weighted by Crippen LogP contribution is 2.28. The Hall–Kier alpha value is -3.60. The zero-order valence-electron chi connectivity index (χ0n) is 17.7. The van der Waals surface area contributed by atoms with Crippen LogP contribution in [0.1, 0.15) is 10.4 Å².